The molecule has 0 radical (unpaired) electrons. The third-order valence-corrected chi connectivity index (χ3v) is 6.10. The van der Waals surface area contributed by atoms with Gasteiger partial charge in [-0.05, 0) is 43.9 Å². The number of amides is 1. The number of fused-ring (bicyclic) bond motifs is 1. The molecule has 0 aromatic carbocycles. The first-order valence-electron chi connectivity index (χ1n) is 8.66. The molecule has 0 aromatic rings. The highest BCUT2D eigenvalue weighted by molar-refractivity contribution is 5.83. The zero-order chi connectivity index (χ0) is 14.6. The normalized spacial score (nSPS) is 30.6. The van der Waals surface area contributed by atoms with Crippen molar-refractivity contribution >= 4 is 5.91 Å². The highest BCUT2D eigenvalue weighted by Gasteiger charge is 2.37. The lowest BCUT2D eigenvalue weighted by Crippen LogP contribution is -2.50. The Bertz CT molecular complexity index is 317. The molecule has 3 atom stereocenters. The van der Waals surface area contributed by atoms with Crippen molar-refractivity contribution in [3.63, 3.8) is 0 Å². The second-order valence-corrected chi connectivity index (χ2v) is 6.98. The summed E-state index contributed by atoms with van der Waals surface area (Å²) in [6, 6.07) is 0.394. The maximum Gasteiger partial charge on any atom is 0.227 e. The Morgan fingerprint density at radius 3 is 2.35 bits per heavy atom. The molecule has 116 valence electrons. The molecular formula is C17H32N2O. The highest BCUT2D eigenvalue weighted by Crippen LogP contribution is 2.40. The lowest BCUT2D eigenvalue weighted by molar-refractivity contribution is -0.132. The van der Waals surface area contributed by atoms with Crippen molar-refractivity contribution in [1.29, 1.82) is 0 Å². The number of rotatable bonds is 5. The number of hydrogen-bond acceptors (Lipinski definition) is 2. The van der Waals surface area contributed by atoms with E-state index in [0.29, 0.717) is 12.6 Å². The van der Waals surface area contributed by atoms with Crippen LogP contribution in [-0.2, 0) is 4.79 Å². The van der Waals surface area contributed by atoms with Crippen LogP contribution in [0.3, 0.4) is 0 Å². The molecule has 1 amide bonds. The average molecular weight is 280 g/mol. The van der Waals surface area contributed by atoms with Gasteiger partial charge in [0.15, 0.2) is 0 Å². The lowest BCUT2D eigenvalue weighted by atomic mass is 9.69. The van der Waals surface area contributed by atoms with Crippen LogP contribution >= 0.6 is 0 Å². The number of carbonyl (C=O) groups excluding carboxylic acids is 1. The summed E-state index contributed by atoms with van der Waals surface area (Å²) < 4.78 is 0. The SMILES string of the molecule is CCC(CC)(CN)C(=O)NC1CCC2CCCCC2C1. The van der Waals surface area contributed by atoms with E-state index in [0.717, 1.165) is 24.7 Å². The van der Waals surface area contributed by atoms with Gasteiger partial charge in [0.2, 0.25) is 5.91 Å². The van der Waals surface area contributed by atoms with Gasteiger partial charge in [-0.3, -0.25) is 4.79 Å². The van der Waals surface area contributed by atoms with Gasteiger partial charge >= 0.3 is 0 Å². The van der Waals surface area contributed by atoms with Crippen LogP contribution < -0.4 is 11.1 Å². The van der Waals surface area contributed by atoms with Crippen LogP contribution in [0.4, 0.5) is 0 Å². The summed E-state index contributed by atoms with van der Waals surface area (Å²) in [4.78, 5) is 12.6. The molecule has 2 saturated carbocycles. The Hall–Kier alpha value is -0.570. The van der Waals surface area contributed by atoms with Crippen LogP contribution in [-0.4, -0.2) is 18.5 Å². The third-order valence-electron chi connectivity index (χ3n) is 6.10. The first-order chi connectivity index (χ1) is 9.65. The van der Waals surface area contributed by atoms with Crippen molar-refractivity contribution in [2.24, 2.45) is 23.0 Å². The van der Waals surface area contributed by atoms with Crippen LogP contribution in [0.1, 0.15) is 71.6 Å². The maximum atomic E-state index is 12.6. The molecule has 0 heterocycles. The van der Waals surface area contributed by atoms with Crippen molar-refractivity contribution in [2.75, 3.05) is 6.54 Å². The monoisotopic (exact) mass is 280 g/mol. The Labute approximate surface area is 124 Å². The minimum absolute atomic E-state index is 0.198. The minimum atomic E-state index is -0.344. The van der Waals surface area contributed by atoms with E-state index in [1.54, 1.807) is 0 Å². The van der Waals surface area contributed by atoms with E-state index in [-0.39, 0.29) is 11.3 Å². The molecule has 20 heavy (non-hydrogen) atoms. The molecule has 2 fully saturated rings. The molecule has 3 heteroatoms. The molecule has 2 rings (SSSR count). The molecule has 2 aliphatic carbocycles. The van der Waals surface area contributed by atoms with Gasteiger partial charge in [-0.15, -0.1) is 0 Å². The maximum absolute atomic E-state index is 12.6. The summed E-state index contributed by atoms with van der Waals surface area (Å²) >= 11 is 0. The summed E-state index contributed by atoms with van der Waals surface area (Å²) in [5, 5.41) is 3.33. The van der Waals surface area contributed by atoms with Gasteiger partial charge in [-0.2, -0.15) is 0 Å². The van der Waals surface area contributed by atoms with E-state index in [2.05, 4.69) is 19.2 Å². The number of nitrogens with two attached hydrogens (primary N) is 1. The fourth-order valence-corrected chi connectivity index (χ4v) is 4.30. The van der Waals surface area contributed by atoms with Gasteiger partial charge in [-0.1, -0.05) is 39.5 Å². The van der Waals surface area contributed by atoms with Crippen LogP contribution in [0.25, 0.3) is 0 Å². The van der Waals surface area contributed by atoms with Gasteiger partial charge in [0.25, 0.3) is 0 Å². The Kier molecular flexibility index (Phi) is 5.48. The predicted octanol–water partition coefficient (Wildman–Crippen LogP) is 3.23. The molecular weight excluding hydrogens is 248 g/mol. The van der Waals surface area contributed by atoms with Crippen molar-refractivity contribution in [2.45, 2.75) is 77.7 Å². The zero-order valence-electron chi connectivity index (χ0n) is 13.3. The van der Waals surface area contributed by atoms with Crippen molar-refractivity contribution in [1.82, 2.24) is 5.32 Å². The molecule has 3 nitrogen and oxygen atoms in total. The summed E-state index contributed by atoms with van der Waals surface area (Å²) in [5.41, 5.74) is 5.54. The van der Waals surface area contributed by atoms with Gasteiger partial charge in [0.1, 0.15) is 0 Å². The molecule has 0 bridgehead atoms. The highest BCUT2D eigenvalue weighted by atomic mass is 16.2. The molecule has 0 aromatic heterocycles. The van der Waals surface area contributed by atoms with E-state index >= 15 is 0 Å². The average Bonchev–Trinajstić information content (AvgIpc) is 2.49. The second kappa shape index (κ2) is 6.93. The Morgan fingerprint density at radius 1 is 1.10 bits per heavy atom. The fraction of sp³-hybridized carbons (Fsp3) is 0.941. The van der Waals surface area contributed by atoms with Gasteiger partial charge in [-0.25, -0.2) is 0 Å². The summed E-state index contributed by atoms with van der Waals surface area (Å²) in [5.74, 6) is 2.00. The van der Waals surface area contributed by atoms with E-state index in [1.165, 1.54) is 44.9 Å². The first-order valence-corrected chi connectivity index (χ1v) is 8.66. The van der Waals surface area contributed by atoms with Gasteiger partial charge in [0, 0.05) is 12.6 Å². The third kappa shape index (κ3) is 3.19. The molecule has 2 aliphatic rings. The van der Waals surface area contributed by atoms with Crippen LogP contribution in [0.2, 0.25) is 0 Å². The quantitative estimate of drug-likeness (QED) is 0.812. The largest absolute Gasteiger partial charge is 0.353 e. The Morgan fingerprint density at radius 2 is 1.75 bits per heavy atom. The van der Waals surface area contributed by atoms with Crippen molar-refractivity contribution < 1.29 is 4.79 Å². The molecule has 3 N–H and O–H groups in total. The van der Waals surface area contributed by atoms with Crippen molar-refractivity contribution in [3.05, 3.63) is 0 Å². The predicted molar refractivity (Wildman–Crippen MR) is 83.3 cm³/mol. The fourth-order valence-electron chi connectivity index (χ4n) is 4.30. The number of nitrogens with one attached hydrogen (secondary N) is 1. The lowest BCUT2D eigenvalue weighted by Gasteiger charge is -2.40. The molecule has 0 spiro atoms. The molecule has 3 unspecified atom stereocenters. The van der Waals surface area contributed by atoms with Gasteiger partial charge in [0.05, 0.1) is 5.41 Å². The van der Waals surface area contributed by atoms with E-state index in [4.69, 9.17) is 5.73 Å². The zero-order valence-corrected chi connectivity index (χ0v) is 13.3. The first kappa shape index (κ1) is 15.8. The smallest absolute Gasteiger partial charge is 0.227 e. The summed E-state index contributed by atoms with van der Waals surface area (Å²) in [6.45, 7) is 4.62. The van der Waals surface area contributed by atoms with Gasteiger partial charge < -0.3 is 11.1 Å². The van der Waals surface area contributed by atoms with E-state index in [1.807, 2.05) is 0 Å². The standard InChI is InChI=1S/C17H32N2O/c1-3-17(4-2,12-18)16(20)19-15-10-9-13-7-5-6-8-14(13)11-15/h13-15H,3-12,18H2,1-2H3,(H,19,20). The number of carbonyl (C=O) groups is 1. The van der Waals surface area contributed by atoms with E-state index in [9.17, 15) is 4.79 Å². The van der Waals surface area contributed by atoms with Crippen LogP contribution in [0.15, 0.2) is 0 Å². The minimum Gasteiger partial charge on any atom is -0.353 e. The summed E-state index contributed by atoms with van der Waals surface area (Å²) in [7, 11) is 0. The number of hydrogen-bond donors (Lipinski definition) is 2. The summed E-state index contributed by atoms with van der Waals surface area (Å²) in [6.07, 6.45) is 10.9. The van der Waals surface area contributed by atoms with Crippen LogP contribution in [0.5, 0.6) is 0 Å². The molecule has 0 aliphatic heterocycles. The van der Waals surface area contributed by atoms with E-state index < -0.39 is 0 Å². The molecule has 0 saturated heterocycles. The second-order valence-electron chi connectivity index (χ2n) is 6.98. The van der Waals surface area contributed by atoms with Crippen molar-refractivity contribution in [3.8, 4) is 0 Å². The van der Waals surface area contributed by atoms with Crippen LogP contribution in [0, 0.1) is 17.3 Å². The Balaban J connectivity index is 1.91. The topological polar surface area (TPSA) is 55.1 Å².